The summed E-state index contributed by atoms with van der Waals surface area (Å²) in [5, 5.41) is 70.6. The Balaban J connectivity index is 1.75. The fraction of sp³-hybridized carbons (Fsp3) is 0.667. The molecule has 2 fully saturated rings. The quantitative estimate of drug-likeness (QED) is 0.199. The Bertz CT molecular complexity index is 877. The van der Waals surface area contributed by atoms with Crippen LogP contribution in [0.5, 0.6) is 17.2 Å². The van der Waals surface area contributed by atoms with E-state index < -0.39 is 73.4 Å². The van der Waals surface area contributed by atoms with Gasteiger partial charge in [-0.05, 0) is 13.8 Å². The molecule has 0 aliphatic carbocycles. The normalized spacial score (nSPS) is 36.2. The number of aromatic hydroxyl groups is 1. The molecule has 13 nitrogen and oxygen atoms in total. The lowest BCUT2D eigenvalue weighted by Crippen LogP contribution is -2.61. The molecule has 2 heterocycles. The lowest BCUT2D eigenvalue weighted by molar-refractivity contribution is -0.307. The zero-order valence-electron chi connectivity index (χ0n) is 18.8. The Morgan fingerprint density at radius 3 is 2.26 bits per heavy atom. The molecular formula is C21H30O13. The Morgan fingerprint density at radius 1 is 1.00 bits per heavy atom. The van der Waals surface area contributed by atoms with Crippen LogP contribution in [-0.2, 0) is 14.2 Å². The summed E-state index contributed by atoms with van der Waals surface area (Å²) in [6.45, 7) is 1.96. The van der Waals surface area contributed by atoms with Crippen LogP contribution in [-0.4, -0.2) is 117 Å². The molecule has 1 aromatic carbocycles. The molecule has 192 valence electrons. The number of phenolic OH excluding ortho intramolecular Hbond substituents is 1. The third-order valence-electron chi connectivity index (χ3n) is 5.83. The molecule has 0 bridgehead atoms. The van der Waals surface area contributed by atoms with Gasteiger partial charge in [-0.15, -0.1) is 0 Å². The van der Waals surface area contributed by atoms with Gasteiger partial charge < -0.3 is 59.4 Å². The van der Waals surface area contributed by atoms with Gasteiger partial charge in [-0.25, -0.2) is 0 Å². The number of hydrogen-bond acceptors (Lipinski definition) is 13. The highest BCUT2D eigenvalue weighted by atomic mass is 16.7. The maximum atomic E-state index is 11.9. The highest BCUT2D eigenvalue weighted by molar-refractivity contribution is 6.00. The van der Waals surface area contributed by atoms with E-state index in [9.17, 15) is 40.5 Å². The van der Waals surface area contributed by atoms with Crippen LogP contribution < -0.4 is 9.47 Å². The van der Waals surface area contributed by atoms with E-state index >= 15 is 0 Å². The minimum Gasteiger partial charge on any atom is -0.507 e. The van der Waals surface area contributed by atoms with Crippen molar-refractivity contribution in [3.05, 3.63) is 17.2 Å². The first kappa shape index (κ1) is 26.5. The average molecular weight is 490 g/mol. The van der Waals surface area contributed by atoms with Crippen LogP contribution in [0.25, 0.3) is 0 Å². The van der Waals surface area contributed by atoms with E-state index in [1.54, 1.807) is 0 Å². The Morgan fingerprint density at radius 2 is 1.65 bits per heavy atom. The predicted molar refractivity (Wildman–Crippen MR) is 110 cm³/mol. The van der Waals surface area contributed by atoms with Gasteiger partial charge in [0.05, 0.1) is 20.3 Å². The third kappa shape index (κ3) is 5.12. The molecule has 34 heavy (non-hydrogen) atoms. The van der Waals surface area contributed by atoms with Gasteiger partial charge in [-0.1, -0.05) is 0 Å². The van der Waals surface area contributed by atoms with Gasteiger partial charge in [0, 0.05) is 11.6 Å². The smallest absolute Gasteiger partial charge is 0.229 e. The van der Waals surface area contributed by atoms with Crippen LogP contribution in [0.4, 0.5) is 0 Å². The summed E-state index contributed by atoms with van der Waals surface area (Å²) in [6.07, 6.45) is -13.6. The minimum atomic E-state index is -1.72. The van der Waals surface area contributed by atoms with Crippen molar-refractivity contribution in [3.63, 3.8) is 0 Å². The summed E-state index contributed by atoms with van der Waals surface area (Å²) in [4.78, 5) is 11.9. The number of ether oxygens (including phenoxy) is 5. The highest BCUT2D eigenvalue weighted by Crippen LogP contribution is 2.39. The third-order valence-corrected chi connectivity index (χ3v) is 5.83. The first-order valence-corrected chi connectivity index (χ1v) is 10.5. The number of Topliss-reactive ketones (excluding diaryl/α,β-unsaturated/α-hetero) is 1. The second kappa shape index (κ2) is 10.7. The lowest BCUT2D eigenvalue weighted by Gasteiger charge is -2.41. The number of aliphatic hydroxyl groups is 6. The number of phenols is 1. The number of benzene rings is 1. The monoisotopic (exact) mass is 490 g/mol. The van der Waals surface area contributed by atoms with Crippen LogP contribution >= 0.6 is 0 Å². The highest BCUT2D eigenvalue weighted by Gasteiger charge is 2.46. The molecule has 0 radical (unpaired) electrons. The van der Waals surface area contributed by atoms with E-state index in [1.807, 2.05) is 0 Å². The summed E-state index contributed by atoms with van der Waals surface area (Å²) < 4.78 is 26.8. The Hall–Kier alpha value is -2.07. The molecule has 0 unspecified atom stereocenters. The van der Waals surface area contributed by atoms with Crippen molar-refractivity contribution in [1.29, 1.82) is 0 Å². The fourth-order valence-electron chi connectivity index (χ4n) is 3.74. The number of ketones is 1. The van der Waals surface area contributed by atoms with Crippen LogP contribution in [0.15, 0.2) is 6.07 Å². The molecule has 0 amide bonds. The van der Waals surface area contributed by atoms with Gasteiger partial charge in [0.1, 0.15) is 65.5 Å². The molecular weight excluding hydrogens is 460 g/mol. The number of hydrogen-bond donors (Lipinski definition) is 7. The number of aliphatic hydroxyl groups excluding tert-OH is 6. The van der Waals surface area contributed by atoms with Crippen molar-refractivity contribution in [3.8, 4) is 17.2 Å². The van der Waals surface area contributed by atoms with E-state index in [-0.39, 0.29) is 29.2 Å². The number of carbonyl (C=O) groups is 1. The maximum Gasteiger partial charge on any atom is 0.229 e. The largest absolute Gasteiger partial charge is 0.507 e. The minimum absolute atomic E-state index is 0.0144. The number of carbonyl (C=O) groups excluding carboxylic acids is 1. The van der Waals surface area contributed by atoms with Crippen LogP contribution in [0, 0.1) is 6.92 Å². The zero-order valence-corrected chi connectivity index (χ0v) is 18.8. The van der Waals surface area contributed by atoms with Crippen molar-refractivity contribution in [2.45, 2.75) is 69.2 Å². The standard InChI is InChI=1S/C21H30O13/c1-7-10(4-11(30-3)13(8(2)22)14(7)24)33-21-19(29)17(27)16(26)12(34-21)6-32-20-18(28)15(25)9(23)5-31-20/h4,9,12,15-21,23-29H,5-6H2,1-3H3/t9-,12-,15+,16-,17+,18-,19-,20-,21+/m1/s1. The summed E-state index contributed by atoms with van der Waals surface area (Å²) in [7, 11) is 1.29. The second-order valence-corrected chi connectivity index (χ2v) is 8.20. The SMILES string of the molecule is COc1cc(O[C@H]2O[C@H](CO[C@H]3OC[C@@H](O)[C@H](O)[C@H]3O)[C@@H](O)[C@H](O)[C@H]2O)c(C)c(O)c1C(C)=O. The molecule has 1 aromatic rings. The molecule has 0 spiro atoms. The molecule has 2 saturated heterocycles. The van der Waals surface area contributed by atoms with E-state index in [1.165, 1.54) is 27.0 Å². The van der Waals surface area contributed by atoms with Crippen molar-refractivity contribution in [2.75, 3.05) is 20.3 Å². The molecule has 2 aliphatic rings. The van der Waals surface area contributed by atoms with Gasteiger partial charge in [-0.2, -0.15) is 0 Å². The topological polar surface area (TPSA) is 205 Å². The molecule has 7 N–H and O–H groups in total. The van der Waals surface area contributed by atoms with Gasteiger partial charge in [-0.3, -0.25) is 4.79 Å². The van der Waals surface area contributed by atoms with Gasteiger partial charge >= 0.3 is 0 Å². The molecule has 3 rings (SSSR count). The second-order valence-electron chi connectivity index (χ2n) is 8.20. The molecule has 0 saturated carbocycles. The summed E-state index contributed by atoms with van der Waals surface area (Å²) in [6, 6.07) is 1.31. The van der Waals surface area contributed by atoms with Crippen molar-refractivity contribution >= 4 is 5.78 Å². The van der Waals surface area contributed by atoms with Gasteiger partial charge in [0.25, 0.3) is 0 Å². The first-order chi connectivity index (χ1) is 16.0. The number of rotatable bonds is 7. The van der Waals surface area contributed by atoms with E-state index in [0.717, 1.165) is 0 Å². The molecule has 9 atom stereocenters. The van der Waals surface area contributed by atoms with Crippen LogP contribution in [0.3, 0.4) is 0 Å². The first-order valence-electron chi connectivity index (χ1n) is 10.5. The Kier molecular flexibility index (Phi) is 8.34. The van der Waals surface area contributed by atoms with E-state index in [4.69, 9.17) is 23.7 Å². The van der Waals surface area contributed by atoms with E-state index in [2.05, 4.69) is 0 Å². The molecule has 2 aliphatic heterocycles. The summed E-state index contributed by atoms with van der Waals surface area (Å²) in [5.41, 5.74) is 0.0824. The predicted octanol–water partition coefficient (Wildman–Crippen LogP) is -2.45. The summed E-state index contributed by atoms with van der Waals surface area (Å²) >= 11 is 0. The molecule has 0 aromatic heterocycles. The van der Waals surface area contributed by atoms with Gasteiger partial charge in [0.2, 0.25) is 6.29 Å². The Labute approximate surface area is 194 Å². The fourth-order valence-corrected chi connectivity index (χ4v) is 3.74. The van der Waals surface area contributed by atoms with Crippen LogP contribution in [0.2, 0.25) is 0 Å². The molecule has 13 heteroatoms. The maximum absolute atomic E-state index is 11.9. The average Bonchev–Trinajstić information content (AvgIpc) is 2.80. The van der Waals surface area contributed by atoms with Crippen molar-refractivity contribution in [1.82, 2.24) is 0 Å². The van der Waals surface area contributed by atoms with Crippen LogP contribution in [0.1, 0.15) is 22.8 Å². The number of methoxy groups -OCH3 is 1. The van der Waals surface area contributed by atoms with Crippen molar-refractivity contribution in [2.24, 2.45) is 0 Å². The lowest BCUT2D eigenvalue weighted by atomic mass is 9.99. The van der Waals surface area contributed by atoms with Crippen molar-refractivity contribution < 1.29 is 64.2 Å². The zero-order chi connectivity index (χ0) is 25.3. The van der Waals surface area contributed by atoms with E-state index in [0.29, 0.717) is 0 Å². The van der Waals surface area contributed by atoms with Gasteiger partial charge in [0.15, 0.2) is 12.1 Å². The summed E-state index contributed by atoms with van der Waals surface area (Å²) in [5.74, 6) is -0.842.